The van der Waals surface area contributed by atoms with Gasteiger partial charge < -0.3 is 5.11 Å². The molecule has 1 aromatic carbocycles. The molecule has 0 radical (unpaired) electrons. The van der Waals surface area contributed by atoms with Crippen LogP contribution >= 0.6 is 11.8 Å². The number of thioether (sulfide) groups is 1. The molecule has 0 amide bonds. The lowest BCUT2D eigenvalue weighted by Crippen LogP contribution is -2.42. The lowest BCUT2D eigenvalue weighted by atomic mass is 10.3. The van der Waals surface area contributed by atoms with E-state index in [1.807, 2.05) is 0 Å². The summed E-state index contributed by atoms with van der Waals surface area (Å²) >= 11 is 1.03. The molecule has 10 heteroatoms. The van der Waals surface area contributed by atoms with Crippen LogP contribution < -0.4 is 0 Å². The molecule has 20 heavy (non-hydrogen) atoms. The smallest absolute Gasteiger partial charge is 0.322 e. The van der Waals surface area contributed by atoms with Crippen LogP contribution in [0.5, 0.6) is 0 Å². The Morgan fingerprint density at radius 3 is 2.55 bits per heavy atom. The van der Waals surface area contributed by atoms with E-state index in [0.717, 1.165) is 11.8 Å². The van der Waals surface area contributed by atoms with Gasteiger partial charge in [0.1, 0.15) is 10.9 Å². The second-order valence-corrected chi connectivity index (χ2v) is 6.78. The summed E-state index contributed by atoms with van der Waals surface area (Å²) in [5.41, 5.74) is 0. The number of sulfonamides is 1. The Morgan fingerprint density at radius 2 is 1.95 bits per heavy atom. The number of nitrogens with zero attached hydrogens (tertiary/aromatic N) is 1. The van der Waals surface area contributed by atoms with Gasteiger partial charge in [0.05, 0.1) is 5.88 Å². The van der Waals surface area contributed by atoms with Gasteiger partial charge in [0.15, 0.2) is 17.5 Å². The Labute approximate surface area is 116 Å². The van der Waals surface area contributed by atoms with E-state index in [1.54, 1.807) is 0 Å². The molecule has 0 saturated carbocycles. The van der Waals surface area contributed by atoms with Crippen LogP contribution in [-0.2, 0) is 14.8 Å². The zero-order valence-electron chi connectivity index (χ0n) is 9.72. The molecule has 0 bridgehead atoms. The fraction of sp³-hybridized carbons (Fsp3) is 0.300. The maximum absolute atomic E-state index is 13.6. The molecule has 1 N–H and O–H groups in total. The minimum Gasteiger partial charge on any atom is -0.480 e. The lowest BCUT2D eigenvalue weighted by molar-refractivity contribution is -0.140. The van der Waals surface area contributed by atoms with Gasteiger partial charge in [0, 0.05) is 5.75 Å². The van der Waals surface area contributed by atoms with E-state index in [2.05, 4.69) is 0 Å². The van der Waals surface area contributed by atoms with Crippen LogP contribution in [0, 0.1) is 17.5 Å². The van der Waals surface area contributed by atoms with Gasteiger partial charge in [-0.1, -0.05) is 0 Å². The van der Waals surface area contributed by atoms with Crippen molar-refractivity contribution in [1.29, 1.82) is 0 Å². The number of halogens is 3. The number of hydrogen-bond donors (Lipinski definition) is 1. The third-order valence-corrected chi connectivity index (χ3v) is 5.76. The van der Waals surface area contributed by atoms with Gasteiger partial charge in [-0.3, -0.25) is 4.79 Å². The molecular weight excluding hydrogens is 319 g/mol. The summed E-state index contributed by atoms with van der Waals surface area (Å²) < 4.78 is 64.3. The van der Waals surface area contributed by atoms with Gasteiger partial charge in [-0.25, -0.2) is 21.6 Å². The zero-order chi connectivity index (χ0) is 15.1. The summed E-state index contributed by atoms with van der Waals surface area (Å²) in [6.07, 6.45) is 0. The van der Waals surface area contributed by atoms with E-state index in [1.165, 1.54) is 0 Å². The van der Waals surface area contributed by atoms with Gasteiger partial charge >= 0.3 is 5.97 Å². The molecule has 1 aliphatic rings. The molecule has 1 fully saturated rings. The van der Waals surface area contributed by atoms with Crippen molar-refractivity contribution >= 4 is 27.8 Å². The van der Waals surface area contributed by atoms with Gasteiger partial charge in [-0.2, -0.15) is 4.31 Å². The molecule has 1 aliphatic heterocycles. The predicted molar refractivity (Wildman–Crippen MR) is 64.1 cm³/mol. The van der Waals surface area contributed by atoms with E-state index >= 15 is 0 Å². The molecule has 5 nitrogen and oxygen atoms in total. The largest absolute Gasteiger partial charge is 0.480 e. The second kappa shape index (κ2) is 5.26. The SMILES string of the molecule is O=C(O)[C@@H]1CSCN1S(=O)(=O)c1ccc(F)c(F)c1F. The van der Waals surface area contributed by atoms with Crippen molar-refractivity contribution in [3.63, 3.8) is 0 Å². The number of aliphatic carboxylic acids is 1. The number of rotatable bonds is 3. The lowest BCUT2D eigenvalue weighted by Gasteiger charge is -2.20. The zero-order valence-corrected chi connectivity index (χ0v) is 11.3. The number of carbonyl (C=O) groups is 1. The summed E-state index contributed by atoms with van der Waals surface area (Å²) in [6, 6.07) is -0.313. The number of hydrogen-bond acceptors (Lipinski definition) is 4. The van der Waals surface area contributed by atoms with Crippen molar-refractivity contribution < 1.29 is 31.5 Å². The topological polar surface area (TPSA) is 74.7 Å². The van der Waals surface area contributed by atoms with Crippen LogP contribution in [-0.4, -0.2) is 41.5 Å². The number of carboxylic acids is 1. The Balaban J connectivity index is 2.51. The Hall–Kier alpha value is -1.26. The molecule has 1 saturated heterocycles. The maximum Gasteiger partial charge on any atom is 0.322 e. The van der Waals surface area contributed by atoms with Crippen molar-refractivity contribution in [2.45, 2.75) is 10.9 Å². The molecule has 0 aromatic heterocycles. The fourth-order valence-corrected chi connectivity index (χ4v) is 4.89. The Morgan fingerprint density at radius 1 is 1.30 bits per heavy atom. The van der Waals surface area contributed by atoms with Crippen molar-refractivity contribution in [3.05, 3.63) is 29.6 Å². The van der Waals surface area contributed by atoms with E-state index < -0.39 is 44.4 Å². The minimum atomic E-state index is -4.55. The summed E-state index contributed by atoms with van der Waals surface area (Å²) in [5, 5.41) is 8.91. The summed E-state index contributed by atoms with van der Waals surface area (Å²) in [4.78, 5) is 9.87. The van der Waals surface area contributed by atoms with Crippen molar-refractivity contribution in [2.75, 3.05) is 11.6 Å². The average Bonchev–Trinajstić information content (AvgIpc) is 2.85. The third-order valence-electron chi connectivity index (χ3n) is 2.71. The Kier molecular flexibility index (Phi) is 3.98. The monoisotopic (exact) mass is 327 g/mol. The standard InChI is InChI=1S/C10H8F3NO4S2/c11-5-1-2-7(9(13)8(5)12)20(17,18)14-4-19-3-6(14)10(15)16/h1-2,6H,3-4H2,(H,15,16)/t6-/m0/s1. The first-order valence-corrected chi connectivity index (χ1v) is 7.82. The third kappa shape index (κ3) is 2.38. The van der Waals surface area contributed by atoms with E-state index in [4.69, 9.17) is 5.11 Å². The first kappa shape index (κ1) is 15.1. The molecule has 1 heterocycles. The number of benzene rings is 1. The van der Waals surface area contributed by atoms with Gasteiger partial charge in [-0.15, -0.1) is 11.8 Å². The summed E-state index contributed by atoms with van der Waals surface area (Å²) in [5.74, 6) is -6.87. The maximum atomic E-state index is 13.6. The van der Waals surface area contributed by atoms with Crippen LogP contribution in [0.15, 0.2) is 17.0 Å². The first-order valence-electron chi connectivity index (χ1n) is 5.22. The summed E-state index contributed by atoms with van der Waals surface area (Å²) in [7, 11) is -4.55. The predicted octanol–water partition coefficient (Wildman–Crippen LogP) is 1.25. The van der Waals surface area contributed by atoms with E-state index in [9.17, 15) is 26.4 Å². The van der Waals surface area contributed by atoms with Crippen LogP contribution in [0.2, 0.25) is 0 Å². The molecule has 0 unspecified atom stereocenters. The van der Waals surface area contributed by atoms with Crippen LogP contribution in [0.1, 0.15) is 0 Å². The molecule has 2 rings (SSSR count). The molecular formula is C10H8F3NO4S2. The van der Waals surface area contributed by atoms with Gasteiger partial charge in [0.2, 0.25) is 10.0 Å². The van der Waals surface area contributed by atoms with Crippen LogP contribution in [0.25, 0.3) is 0 Å². The van der Waals surface area contributed by atoms with Gasteiger partial charge in [-0.05, 0) is 12.1 Å². The quantitative estimate of drug-likeness (QED) is 0.846. The Bertz CT molecular complexity index is 665. The highest BCUT2D eigenvalue weighted by molar-refractivity contribution is 8.00. The molecule has 110 valence electrons. The van der Waals surface area contributed by atoms with E-state index in [0.29, 0.717) is 16.4 Å². The molecule has 1 aromatic rings. The van der Waals surface area contributed by atoms with E-state index in [-0.39, 0.29) is 11.6 Å². The van der Waals surface area contributed by atoms with Crippen molar-refractivity contribution in [1.82, 2.24) is 4.31 Å². The fourth-order valence-electron chi connectivity index (χ4n) is 1.69. The average molecular weight is 327 g/mol. The first-order chi connectivity index (χ1) is 9.26. The summed E-state index contributed by atoms with van der Waals surface area (Å²) in [6.45, 7) is 0. The van der Waals surface area contributed by atoms with Crippen LogP contribution in [0.4, 0.5) is 13.2 Å². The normalized spacial score (nSPS) is 20.2. The molecule has 1 atom stereocenters. The van der Waals surface area contributed by atoms with Gasteiger partial charge in [0.25, 0.3) is 0 Å². The second-order valence-electron chi connectivity index (χ2n) is 3.92. The highest BCUT2D eigenvalue weighted by Gasteiger charge is 2.41. The van der Waals surface area contributed by atoms with Crippen molar-refractivity contribution in [3.8, 4) is 0 Å². The van der Waals surface area contributed by atoms with Crippen molar-refractivity contribution in [2.24, 2.45) is 0 Å². The molecule has 0 spiro atoms. The highest BCUT2D eigenvalue weighted by atomic mass is 32.2. The number of carboxylic acid groups (broad SMARTS) is 1. The minimum absolute atomic E-state index is 0.000140. The highest BCUT2D eigenvalue weighted by Crippen LogP contribution is 2.30. The van der Waals surface area contributed by atoms with Crippen LogP contribution in [0.3, 0.4) is 0 Å². The molecule has 0 aliphatic carbocycles.